The quantitative estimate of drug-likeness (QED) is 0.468. The van der Waals surface area contributed by atoms with Crippen LogP contribution in [-0.4, -0.2) is 31.2 Å². The van der Waals surface area contributed by atoms with Crippen LogP contribution in [0.1, 0.15) is 19.3 Å². The summed E-state index contributed by atoms with van der Waals surface area (Å²) >= 11 is 0. The van der Waals surface area contributed by atoms with E-state index >= 15 is 0 Å². The van der Waals surface area contributed by atoms with Crippen molar-refractivity contribution in [2.45, 2.75) is 31.7 Å². The number of nitrogens with two attached hydrogens (primary N) is 1. The van der Waals surface area contributed by atoms with Gasteiger partial charge in [-0.25, -0.2) is 0 Å². The number of hydrogen-bond donors (Lipinski definition) is 1. The van der Waals surface area contributed by atoms with Gasteiger partial charge >= 0.3 is 0 Å². The first-order valence-corrected chi connectivity index (χ1v) is 4.24. The molecule has 0 bridgehead atoms. The van der Waals surface area contributed by atoms with Crippen LogP contribution in [0, 0.1) is 0 Å². The van der Waals surface area contributed by atoms with Crippen molar-refractivity contribution in [1.29, 1.82) is 0 Å². The third-order valence-electron chi connectivity index (χ3n) is 1.84. The van der Waals surface area contributed by atoms with Crippen LogP contribution in [-0.2, 0) is 19.1 Å². The summed E-state index contributed by atoms with van der Waals surface area (Å²) in [4.78, 5) is 20.6. The molecule has 2 atom stereocenters. The molecule has 0 aromatic rings. The van der Waals surface area contributed by atoms with Crippen LogP contribution in [0.5, 0.6) is 0 Å². The van der Waals surface area contributed by atoms with Crippen LogP contribution >= 0.6 is 0 Å². The Hall–Kier alpha value is -0.940. The molecule has 13 heavy (non-hydrogen) atoms. The Morgan fingerprint density at radius 2 is 2.38 bits per heavy atom. The maximum atomic E-state index is 10.7. The van der Waals surface area contributed by atoms with Gasteiger partial charge in [-0.15, -0.1) is 0 Å². The molecular formula is C8H13NO4. The van der Waals surface area contributed by atoms with E-state index in [9.17, 15) is 9.59 Å². The van der Waals surface area contributed by atoms with Gasteiger partial charge < -0.3 is 20.0 Å². The van der Waals surface area contributed by atoms with Gasteiger partial charge in [-0.05, 0) is 6.42 Å². The van der Waals surface area contributed by atoms with E-state index in [-0.39, 0.29) is 6.29 Å². The Morgan fingerprint density at radius 1 is 1.62 bits per heavy atom. The Balaban J connectivity index is 2.17. The first-order valence-electron chi connectivity index (χ1n) is 4.24. The van der Waals surface area contributed by atoms with Gasteiger partial charge in [0.05, 0.1) is 6.61 Å². The average Bonchev–Trinajstić information content (AvgIpc) is 2.53. The lowest BCUT2D eigenvalue weighted by Gasteiger charge is -2.11. The fraction of sp³-hybridized carbons (Fsp3) is 0.750. The first-order chi connectivity index (χ1) is 6.24. The highest BCUT2D eigenvalue weighted by atomic mass is 16.7. The van der Waals surface area contributed by atoms with E-state index in [1.165, 1.54) is 0 Å². The van der Waals surface area contributed by atoms with Crippen LogP contribution in [0.4, 0.5) is 0 Å². The summed E-state index contributed by atoms with van der Waals surface area (Å²) in [5.41, 5.74) is 5.04. The van der Waals surface area contributed by atoms with Crippen molar-refractivity contribution < 1.29 is 19.1 Å². The van der Waals surface area contributed by atoms with Crippen molar-refractivity contribution in [3.8, 4) is 0 Å². The second-order valence-corrected chi connectivity index (χ2v) is 2.86. The summed E-state index contributed by atoms with van der Waals surface area (Å²) < 4.78 is 10.3. The minimum Gasteiger partial charge on any atom is -0.367 e. The minimum absolute atomic E-state index is 0.333. The zero-order valence-corrected chi connectivity index (χ0v) is 7.27. The summed E-state index contributed by atoms with van der Waals surface area (Å²) in [6.07, 6.45) is 1.48. The molecule has 0 aromatic heterocycles. The molecule has 5 heteroatoms. The average molecular weight is 187 g/mol. The van der Waals surface area contributed by atoms with Gasteiger partial charge in [-0.3, -0.25) is 4.79 Å². The predicted octanol–water partition coefficient (Wildman–Crippen LogP) is -0.418. The maximum absolute atomic E-state index is 10.7. The second-order valence-electron chi connectivity index (χ2n) is 2.86. The van der Waals surface area contributed by atoms with Crippen LogP contribution < -0.4 is 5.73 Å². The molecule has 1 aliphatic heterocycles. The van der Waals surface area contributed by atoms with Gasteiger partial charge in [0, 0.05) is 12.8 Å². The molecule has 0 aromatic carbocycles. The summed E-state index contributed by atoms with van der Waals surface area (Å²) in [6.45, 7) is 0.333. The van der Waals surface area contributed by atoms with E-state index in [0.29, 0.717) is 25.9 Å². The Bertz CT molecular complexity index is 195. The van der Waals surface area contributed by atoms with Gasteiger partial charge in [0.25, 0.3) is 0 Å². The number of carbonyl (C=O) groups is 2. The summed E-state index contributed by atoms with van der Waals surface area (Å²) in [5.74, 6) is -0.457. The molecule has 1 saturated heterocycles. The van der Waals surface area contributed by atoms with Gasteiger partial charge in [0.2, 0.25) is 5.91 Å². The van der Waals surface area contributed by atoms with Crippen molar-refractivity contribution >= 4 is 12.2 Å². The maximum Gasteiger partial charge on any atom is 0.246 e. The lowest BCUT2D eigenvalue weighted by molar-refractivity contribution is -0.153. The number of primary amides is 1. The number of hydrogen-bond acceptors (Lipinski definition) is 4. The van der Waals surface area contributed by atoms with E-state index < -0.39 is 12.0 Å². The molecule has 5 nitrogen and oxygen atoms in total. The number of carbonyl (C=O) groups excluding carboxylic acids is 2. The second kappa shape index (κ2) is 4.94. The van der Waals surface area contributed by atoms with E-state index in [2.05, 4.69) is 0 Å². The SMILES string of the molecule is NC(=O)[C@H]1CCC(OCCC=O)O1. The molecular weight excluding hydrogens is 174 g/mol. The number of ether oxygens (including phenoxy) is 2. The van der Waals surface area contributed by atoms with E-state index in [0.717, 1.165) is 6.29 Å². The van der Waals surface area contributed by atoms with Crippen LogP contribution in [0.15, 0.2) is 0 Å². The third kappa shape index (κ3) is 3.12. The molecule has 1 fully saturated rings. The molecule has 1 heterocycles. The lowest BCUT2D eigenvalue weighted by Crippen LogP contribution is -2.29. The van der Waals surface area contributed by atoms with Crippen molar-refractivity contribution in [3.63, 3.8) is 0 Å². The van der Waals surface area contributed by atoms with Crippen LogP contribution in [0.25, 0.3) is 0 Å². The highest BCUT2D eigenvalue weighted by Gasteiger charge is 2.29. The molecule has 1 amide bonds. The van der Waals surface area contributed by atoms with Gasteiger partial charge in [-0.2, -0.15) is 0 Å². The van der Waals surface area contributed by atoms with E-state index in [1.54, 1.807) is 0 Å². The number of aldehydes is 1. The molecule has 0 spiro atoms. The van der Waals surface area contributed by atoms with Crippen molar-refractivity contribution in [3.05, 3.63) is 0 Å². The number of rotatable bonds is 5. The predicted molar refractivity (Wildman–Crippen MR) is 43.7 cm³/mol. The Labute approximate surface area is 76.2 Å². The molecule has 0 radical (unpaired) electrons. The van der Waals surface area contributed by atoms with Crippen LogP contribution in [0.3, 0.4) is 0 Å². The molecule has 0 aliphatic carbocycles. The number of amides is 1. The Morgan fingerprint density at radius 3 is 2.92 bits per heavy atom. The molecule has 1 unspecified atom stereocenters. The molecule has 0 saturated carbocycles. The Kier molecular flexibility index (Phi) is 3.85. The zero-order valence-electron chi connectivity index (χ0n) is 7.27. The lowest BCUT2D eigenvalue weighted by atomic mass is 10.2. The van der Waals surface area contributed by atoms with Gasteiger partial charge in [-0.1, -0.05) is 0 Å². The largest absolute Gasteiger partial charge is 0.367 e. The fourth-order valence-electron chi connectivity index (χ4n) is 1.19. The summed E-state index contributed by atoms with van der Waals surface area (Å²) in [6, 6.07) is 0. The fourth-order valence-corrected chi connectivity index (χ4v) is 1.19. The van der Waals surface area contributed by atoms with Crippen molar-refractivity contribution in [2.24, 2.45) is 5.73 Å². The van der Waals surface area contributed by atoms with E-state index in [1.807, 2.05) is 0 Å². The van der Waals surface area contributed by atoms with Gasteiger partial charge in [0.1, 0.15) is 12.4 Å². The minimum atomic E-state index is -0.527. The third-order valence-corrected chi connectivity index (χ3v) is 1.84. The molecule has 1 aliphatic rings. The molecule has 74 valence electrons. The van der Waals surface area contributed by atoms with E-state index in [4.69, 9.17) is 15.2 Å². The van der Waals surface area contributed by atoms with Crippen LogP contribution in [0.2, 0.25) is 0 Å². The highest BCUT2D eigenvalue weighted by molar-refractivity contribution is 5.79. The normalized spacial score (nSPS) is 27.4. The van der Waals surface area contributed by atoms with Crippen molar-refractivity contribution in [1.82, 2.24) is 0 Å². The topological polar surface area (TPSA) is 78.6 Å². The monoisotopic (exact) mass is 187 g/mol. The highest BCUT2D eigenvalue weighted by Crippen LogP contribution is 2.20. The van der Waals surface area contributed by atoms with Gasteiger partial charge in [0.15, 0.2) is 6.29 Å². The summed E-state index contributed by atoms with van der Waals surface area (Å²) in [7, 11) is 0. The first kappa shape index (κ1) is 10.1. The molecule has 1 rings (SSSR count). The summed E-state index contributed by atoms with van der Waals surface area (Å²) in [5, 5.41) is 0. The smallest absolute Gasteiger partial charge is 0.246 e. The molecule has 2 N–H and O–H groups in total. The standard InChI is InChI=1S/C8H13NO4/c9-8(11)6-2-3-7(13-6)12-5-1-4-10/h4,6-7H,1-3,5H2,(H2,9,11)/t6-,7?/m1/s1. The zero-order chi connectivity index (χ0) is 9.68. The van der Waals surface area contributed by atoms with Crippen molar-refractivity contribution in [2.75, 3.05) is 6.61 Å².